The van der Waals surface area contributed by atoms with Gasteiger partial charge in [-0.1, -0.05) is 10.8 Å². The molecule has 2 N–H and O–H groups in total. The molecule has 2 atom stereocenters. The second-order valence-electron chi connectivity index (χ2n) is 6.38. The highest BCUT2D eigenvalue weighted by atomic mass is 33.1. The van der Waals surface area contributed by atoms with Gasteiger partial charge in [-0.05, 0) is 49.1 Å². The molecule has 2 aliphatic rings. The van der Waals surface area contributed by atoms with E-state index in [9.17, 15) is 9.59 Å². The zero-order valence-corrected chi connectivity index (χ0v) is 16.0. The molecular weight excluding hydrogens is 358 g/mol. The van der Waals surface area contributed by atoms with Crippen LogP contribution in [-0.4, -0.2) is 59.3 Å². The molecule has 0 aliphatic carbocycles. The van der Waals surface area contributed by atoms with E-state index in [1.165, 1.54) is 0 Å². The number of amides is 1. The molecule has 0 bridgehead atoms. The van der Waals surface area contributed by atoms with Gasteiger partial charge in [-0.25, -0.2) is 0 Å². The lowest BCUT2D eigenvalue weighted by Crippen LogP contribution is -2.47. The molecule has 2 fully saturated rings. The molecule has 3 heterocycles. The van der Waals surface area contributed by atoms with Crippen LogP contribution in [0.3, 0.4) is 0 Å². The van der Waals surface area contributed by atoms with E-state index in [0.29, 0.717) is 37.8 Å². The lowest BCUT2D eigenvalue weighted by atomic mass is 9.96. The zero-order chi connectivity index (χ0) is 17.6. The molecule has 1 aromatic rings. The third-order valence-corrected chi connectivity index (χ3v) is 7.46. The van der Waals surface area contributed by atoms with Crippen LogP contribution in [0, 0.1) is 5.92 Å². The molecule has 8 heteroatoms. The van der Waals surface area contributed by atoms with Gasteiger partial charge in [-0.3, -0.25) is 9.59 Å². The van der Waals surface area contributed by atoms with Crippen molar-refractivity contribution in [2.24, 2.45) is 5.92 Å². The number of carbonyl (C=O) groups is 2. The van der Waals surface area contributed by atoms with E-state index in [4.69, 9.17) is 4.74 Å². The average Bonchev–Trinajstić information content (AvgIpc) is 3.31. The molecule has 25 heavy (non-hydrogen) atoms. The van der Waals surface area contributed by atoms with Crippen LogP contribution in [0.15, 0.2) is 23.4 Å². The van der Waals surface area contributed by atoms with Gasteiger partial charge in [0.25, 0.3) is 0 Å². The molecule has 0 spiro atoms. The van der Waals surface area contributed by atoms with Crippen LogP contribution >= 0.6 is 21.6 Å². The van der Waals surface area contributed by atoms with E-state index in [1.54, 1.807) is 10.8 Å². The molecule has 2 aliphatic heterocycles. The zero-order valence-electron chi connectivity index (χ0n) is 14.4. The summed E-state index contributed by atoms with van der Waals surface area (Å²) in [6.45, 7) is 4.40. The van der Waals surface area contributed by atoms with Crippen LogP contribution in [0.2, 0.25) is 0 Å². The van der Waals surface area contributed by atoms with Crippen molar-refractivity contribution in [2.75, 3.05) is 26.2 Å². The van der Waals surface area contributed by atoms with Crippen molar-refractivity contribution >= 4 is 33.5 Å². The SMILES string of the molecule is CCOC(=O)C1CCN(C(=O)[C@@H]2C[C@@H](SSc3ccc[nH]3)CN2)CC1. The monoisotopic (exact) mass is 383 g/mol. The summed E-state index contributed by atoms with van der Waals surface area (Å²) in [6, 6.07) is 3.94. The van der Waals surface area contributed by atoms with Crippen LogP contribution in [0.5, 0.6) is 0 Å². The van der Waals surface area contributed by atoms with Gasteiger partial charge in [-0.2, -0.15) is 0 Å². The third-order valence-electron chi connectivity index (χ3n) is 4.66. The first-order valence-corrected chi connectivity index (χ1v) is 11.0. The Morgan fingerprint density at radius 1 is 1.36 bits per heavy atom. The van der Waals surface area contributed by atoms with Crippen molar-refractivity contribution in [3.8, 4) is 0 Å². The summed E-state index contributed by atoms with van der Waals surface area (Å²) in [5, 5.41) is 4.93. The summed E-state index contributed by atoms with van der Waals surface area (Å²) in [7, 11) is 3.54. The van der Waals surface area contributed by atoms with Crippen molar-refractivity contribution in [2.45, 2.75) is 42.5 Å². The number of rotatable bonds is 6. The summed E-state index contributed by atoms with van der Waals surface area (Å²) >= 11 is 0. The lowest BCUT2D eigenvalue weighted by Gasteiger charge is -2.32. The number of carbonyl (C=O) groups excluding carboxylic acids is 2. The predicted molar refractivity (Wildman–Crippen MR) is 100 cm³/mol. The molecule has 0 unspecified atom stereocenters. The fourth-order valence-electron chi connectivity index (χ4n) is 3.27. The van der Waals surface area contributed by atoms with Crippen LogP contribution in [-0.2, 0) is 14.3 Å². The minimum absolute atomic E-state index is 0.0546. The van der Waals surface area contributed by atoms with E-state index in [0.717, 1.165) is 18.0 Å². The maximum Gasteiger partial charge on any atom is 0.309 e. The Hall–Kier alpha value is -1.12. The Morgan fingerprint density at radius 3 is 2.84 bits per heavy atom. The quantitative estimate of drug-likeness (QED) is 0.580. The van der Waals surface area contributed by atoms with Crippen molar-refractivity contribution in [3.05, 3.63) is 18.3 Å². The van der Waals surface area contributed by atoms with Gasteiger partial charge in [0, 0.05) is 31.1 Å². The van der Waals surface area contributed by atoms with Crippen LogP contribution in [0.25, 0.3) is 0 Å². The second-order valence-corrected chi connectivity index (χ2v) is 8.93. The Morgan fingerprint density at radius 2 is 2.16 bits per heavy atom. The van der Waals surface area contributed by atoms with Gasteiger partial charge >= 0.3 is 5.97 Å². The highest BCUT2D eigenvalue weighted by molar-refractivity contribution is 8.76. The minimum atomic E-state index is -0.119. The van der Waals surface area contributed by atoms with Crippen molar-refractivity contribution in [1.29, 1.82) is 0 Å². The second kappa shape index (κ2) is 9.00. The number of esters is 1. The predicted octanol–water partition coefficient (Wildman–Crippen LogP) is 2.29. The molecule has 1 amide bonds. The summed E-state index contributed by atoms with van der Waals surface area (Å²) in [5.74, 6) is 0.00251. The van der Waals surface area contributed by atoms with E-state index < -0.39 is 0 Å². The summed E-state index contributed by atoms with van der Waals surface area (Å²) in [5.41, 5.74) is 0. The van der Waals surface area contributed by atoms with Crippen LogP contribution in [0.1, 0.15) is 26.2 Å². The number of aromatic nitrogens is 1. The molecule has 2 saturated heterocycles. The summed E-state index contributed by atoms with van der Waals surface area (Å²) in [6.07, 6.45) is 4.19. The number of H-pyrrole nitrogens is 1. The molecular formula is C17H25N3O3S2. The first kappa shape index (κ1) is 18.7. The number of hydrogen-bond acceptors (Lipinski definition) is 6. The number of piperidine rings is 1. The number of ether oxygens (including phenoxy) is 1. The smallest absolute Gasteiger partial charge is 0.309 e. The van der Waals surface area contributed by atoms with Crippen molar-refractivity contribution in [3.63, 3.8) is 0 Å². The van der Waals surface area contributed by atoms with E-state index in [1.807, 2.05) is 34.9 Å². The Bertz CT molecular complexity index is 574. The molecule has 0 saturated carbocycles. The number of nitrogens with one attached hydrogen (secondary N) is 2. The molecule has 0 aromatic carbocycles. The van der Waals surface area contributed by atoms with Gasteiger partial charge < -0.3 is 19.9 Å². The fourth-order valence-corrected chi connectivity index (χ4v) is 5.66. The summed E-state index contributed by atoms with van der Waals surface area (Å²) < 4.78 is 5.09. The van der Waals surface area contributed by atoms with E-state index in [-0.39, 0.29) is 23.8 Å². The summed E-state index contributed by atoms with van der Waals surface area (Å²) in [4.78, 5) is 29.6. The number of likely N-dealkylation sites (tertiary alicyclic amines) is 1. The van der Waals surface area contributed by atoms with Crippen molar-refractivity contribution < 1.29 is 14.3 Å². The Kier molecular flexibility index (Phi) is 6.72. The van der Waals surface area contributed by atoms with Gasteiger partial charge in [-0.15, -0.1) is 0 Å². The van der Waals surface area contributed by atoms with Gasteiger partial charge in [0.15, 0.2) is 0 Å². The Labute approximate surface area is 156 Å². The van der Waals surface area contributed by atoms with E-state index in [2.05, 4.69) is 16.4 Å². The van der Waals surface area contributed by atoms with Crippen LogP contribution < -0.4 is 5.32 Å². The number of aromatic amines is 1. The van der Waals surface area contributed by atoms with Crippen molar-refractivity contribution in [1.82, 2.24) is 15.2 Å². The maximum absolute atomic E-state index is 12.7. The molecule has 6 nitrogen and oxygen atoms in total. The first-order valence-electron chi connectivity index (χ1n) is 8.83. The van der Waals surface area contributed by atoms with Gasteiger partial charge in [0.1, 0.15) is 0 Å². The van der Waals surface area contributed by atoms with E-state index >= 15 is 0 Å². The minimum Gasteiger partial charge on any atom is -0.466 e. The lowest BCUT2D eigenvalue weighted by molar-refractivity contribution is -0.151. The standard InChI is InChI=1S/C17H25N3O3S2/c1-2-23-17(22)12-5-8-20(9-6-12)16(21)14-10-13(11-19-14)24-25-15-4-3-7-18-15/h3-4,7,12-14,18-19H,2,5-6,8-11H2,1H3/t13-,14+/m1/s1. The maximum atomic E-state index is 12.7. The van der Waals surface area contributed by atoms with Gasteiger partial charge in [0.2, 0.25) is 5.91 Å². The molecule has 138 valence electrons. The third kappa shape index (κ3) is 4.95. The van der Waals surface area contributed by atoms with Gasteiger partial charge in [0.05, 0.1) is 23.6 Å². The fraction of sp³-hybridized carbons (Fsp3) is 0.647. The number of hydrogen-bond donors (Lipinski definition) is 2. The first-order chi connectivity index (χ1) is 12.2. The normalized spacial score (nSPS) is 24.4. The largest absolute Gasteiger partial charge is 0.466 e. The highest BCUT2D eigenvalue weighted by Gasteiger charge is 2.35. The molecule has 0 radical (unpaired) electrons. The molecule has 1 aromatic heterocycles. The Balaban J connectivity index is 1.41. The van der Waals surface area contributed by atoms with Crippen LogP contribution in [0.4, 0.5) is 0 Å². The highest BCUT2D eigenvalue weighted by Crippen LogP contribution is 2.37. The topological polar surface area (TPSA) is 74.4 Å². The molecule has 3 rings (SSSR count). The number of nitrogens with zero attached hydrogens (tertiary/aromatic N) is 1. The average molecular weight is 384 g/mol.